The van der Waals surface area contributed by atoms with Gasteiger partial charge in [-0.3, -0.25) is 4.79 Å². The summed E-state index contributed by atoms with van der Waals surface area (Å²) in [5.74, 6) is -3.73. The highest BCUT2D eigenvalue weighted by Gasteiger charge is 2.18. The topological polar surface area (TPSA) is 86.6 Å². The molecule has 0 aromatic heterocycles. The minimum Gasteiger partial charge on any atom is -0.480 e. The van der Waals surface area contributed by atoms with Crippen LogP contribution in [-0.4, -0.2) is 34.7 Å². The molecule has 0 saturated carbocycles. The fourth-order valence-electron chi connectivity index (χ4n) is 1.61. The molecule has 0 saturated heterocycles. The van der Waals surface area contributed by atoms with Gasteiger partial charge in [0.15, 0.2) is 11.6 Å². The Morgan fingerprint density at radius 3 is 2.50 bits per heavy atom. The maximum absolute atomic E-state index is 12.9. The number of aryl methyl sites for hydroxylation is 1. The zero-order valence-corrected chi connectivity index (χ0v) is 10.6. The van der Waals surface area contributed by atoms with Crippen molar-refractivity contribution in [3.8, 4) is 0 Å². The zero-order chi connectivity index (χ0) is 15.1. The molecule has 0 aliphatic carbocycles. The Kier molecular flexibility index (Phi) is 6.05. The van der Waals surface area contributed by atoms with Crippen molar-refractivity contribution >= 4 is 11.9 Å². The van der Waals surface area contributed by atoms with E-state index in [0.717, 1.165) is 12.1 Å². The first-order valence-electron chi connectivity index (χ1n) is 6.01. The number of amides is 1. The van der Waals surface area contributed by atoms with Gasteiger partial charge in [0, 0.05) is 19.4 Å². The molecule has 0 aliphatic heterocycles. The Balaban J connectivity index is 2.50. The molecule has 1 aromatic rings. The van der Waals surface area contributed by atoms with Crippen LogP contribution in [0.5, 0.6) is 0 Å². The van der Waals surface area contributed by atoms with Crippen LogP contribution in [0.15, 0.2) is 18.2 Å². The van der Waals surface area contributed by atoms with Gasteiger partial charge in [0.05, 0.1) is 0 Å². The van der Waals surface area contributed by atoms with Crippen LogP contribution in [0.1, 0.15) is 18.4 Å². The summed E-state index contributed by atoms with van der Waals surface area (Å²) in [5.41, 5.74) is 0.438. The number of carbonyl (C=O) groups excluding carboxylic acids is 1. The molecule has 0 aliphatic rings. The van der Waals surface area contributed by atoms with E-state index < -0.39 is 29.6 Å². The number of carbonyl (C=O) groups is 2. The first-order chi connectivity index (χ1) is 9.43. The third kappa shape index (κ3) is 4.93. The summed E-state index contributed by atoms with van der Waals surface area (Å²) in [6.45, 7) is -0.361. The number of rotatable bonds is 7. The van der Waals surface area contributed by atoms with Gasteiger partial charge in [-0.1, -0.05) is 6.07 Å². The van der Waals surface area contributed by atoms with Crippen LogP contribution in [0.4, 0.5) is 8.78 Å². The van der Waals surface area contributed by atoms with E-state index in [9.17, 15) is 18.4 Å². The highest BCUT2D eigenvalue weighted by atomic mass is 19.2. The number of hydrogen-bond acceptors (Lipinski definition) is 3. The zero-order valence-electron chi connectivity index (χ0n) is 10.6. The molecule has 1 aromatic carbocycles. The number of aliphatic carboxylic acids is 1. The molecule has 110 valence electrons. The lowest BCUT2D eigenvalue weighted by Gasteiger charge is -2.13. The van der Waals surface area contributed by atoms with E-state index in [2.05, 4.69) is 5.32 Å². The Hall–Kier alpha value is -2.02. The lowest BCUT2D eigenvalue weighted by Crippen LogP contribution is -2.41. The lowest BCUT2D eigenvalue weighted by atomic mass is 10.1. The van der Waals surface area contributed by atoms with Crippen molar-refractivity contribution in [3.63, 3.8) is 0 Å². The van der Waals surface area contributed by atoms with Gasteiger partial charge in [-0.25, -0.2) is 13.6 Å². The second-order valence-corrected chi connectivity index (χ2v) is 4.22. The summed E-state index contributed by atoms with van der Waals surface area (Å²) in [7, 11) is 0. The molecule has 7 heteroatoms. The van der Waals surface area contributed by atoms with Gasteiger partial charge in [0.2, 0.25) is 5.91 Å². The molecule has 20 heavy (non-hydrogen) atoms. The van der Waals surface area contributed by atoms with Gasteiger partial charge < -0.3 is 15.5 Å². The first-order valence-corrected chi connectivity index (χ1v) is 6.01. The fraction of sp³-hybridized carbons (Fsp3) is 0.385. The Bertz CT molecular complexity index is 493. The first kappa shape index (κ1) is 16.0. The summed E-state index contributed by atoms with van der Waals surface area (Å²) in [6, 6.07) is 2.16. The largest absolute Gasteiger partial charge is 0.480 e. The lowest BCUT2D eigenvalue weighted by molar-refractivity contribution is -0.142. The number of aliphatic hydroxyl groups is 1. The molecule has 0 spiro atoms. The highest BCUT2D eigenvalue weighted by Crippen LogP contribution is 2.10. The number of nitrogens with one attached hydrogen (secondary N) is 1. The van der Waals surface area contributed by atoms with Crippen molar-refractivity contribution < 1.29 is 28.6 Å². The third-order valence-electron chi connectivity index (χ3n) is 2.68. The highest BCUT2D eigenvalue weighted by molar-refractivity contribution is 5.83. The van der Waals surface area contributed by atoms with Crippen molar-refractivity contribution in [1.82, 2.24) is 5.32 Å². The third-order valence-corrected chi connectivity index (χ3v) is 2.68. The van der Waals surface area contributed by atoms with Crippen LogP contribution in [0.3, 0.4) is 0 Å². The molecular weight excluding hydrogens is 272 g/mol. The number of aliphatic hydroxyl groups excluding tert-OH is 1. The molecule has 0 radical (unpaired) electrons. The van der Waals surface area contributed by atoms with E-state index in [4.69, 9.17) is 10.2 Å². The van der Waals surface area contributed by atoms with Crippen LogP contribution in [0, 0.1) is 11.6 Å². The number of benzene rings is 1. The van der Waals surface area contributed by atoms with E-state index in [0.29, 0.717) is 5.56 Å². The van der Waals surface area contributed by atoms with Gasteiger partial charge in [-0.15, -0.1) is 0 Å². The quantitative estimate of drug-likeness (QED) is 0.694. The maximum atomic E-state index is 12.9. The minimum atomic E-state index is -1.24. The molecular formula is C13H15F2NO4. The fourth-order valence-corrected chi connectivity index (χ4v) is 1.61. The molecule has 0 heterocycles. The van der Waals surface area contributed by atoms with Crippen molar-refractivity contribution in [1.29, 1.82) is 0 Å². The predicted octanol–water partition coefficient (Wildman–Crippen LogP) is 0.849. The molecule has 0 unspecified atom stereocenters. The number of carboxylic acid groups (broad SMARTS) is 1. The number of hydrogen-bond donors (Lipinski definition) is 3. The summed E-state index contributed by atoms with van der Waals surface area (Å²) >= 11 is 0. The van der Waals surface area contributed by atoms with Crippen LogP contribution in [-0.2, 0) is 16.0 Å². The Labute approximate surface area is 114 Å². The standard InChI is InChI=1S/C13H15F2NO4/c14-9-3-1-8(7-10(9)15)2-4-12(18)16-11(5-6-17)13(19)20/h1,3,7,11,17H,2,4-6H2,(H,16,18)(H,19,20)/t11-/m0/s1. The van der Waals surface area contributed by atoms with Crippen LogP contribution >= 0.6 is 0 Å². The molecule has 5 nitrogen and oxygen atoms in total. The van der Waals surface area contributed by atoms with E-state index in [-0.39, 0.29) is 25.9 Å². The monoisotopic (exact) mass is 287 g/mol. The van der Waals surface area contributed by atoms with Crippen molar-refractivity contribution in [2.45, 2.75) is 25.3 Å². The van der Waals surface area contributed by atoms with Gasteiger partial charge in [0.1, 0.15) is 6.04 Å². The summed E-state index contributed by atoms with van der Waals surface area (Å²) < 4.78 is 25.6. The SMILES string of the molecule is O=C(CCc1ccc(F)c(F)c1)N[C@@H](CCO)C(=O)O. The average Bonchev–Trinajstić information content (AvgIpc) is 2.39. The van der Waals surface area contributed by atoms with E-state index in [1.165, 1.54) is 6.07 Å². The Morgan fingerprint density at radius 1 is 1.25 bits per heavy atom. The van der Waals surface area contributed by atoms with Gasteiger partial charge in [-0.05, 0) is 24.1 Å². The molecule has 1 amide bonds. The van der Waals surface area contributed by atoms with Gasteiger partial charge >= 0.3 is 5.97 Å². The van der Waals surface area contributed by atoms with E-state index in [1.54, 1.807) is 0 Å². The predicted molar refractivity (Wildman–Crippen MR) is 65.9 cm³/mol. The molecule has 1 atom stereocenters. The normalized spacial score (nSPS) is 11.9. The summed E-state index contributed by atoms with van der Waals surface area (Å²) in [5, 5.41) is 19.7. The second kappa shape index (κ2) is 7.54. The molecule has 0 bridgehead atoms. The summed E-state index contributed by atoms with van der Waals surface area (Å²) in [6.07, 6.45) is 0.0149. The molecule has 3 N–H and O–H groups in total. The average molecular weight is 287 g/mol. The van der Waals surface area contributed by atoms with E-state index >= 15 is 0 Å². The van der Waals surface area contributed by atoms with Crippen molar-refractivity contribution in [3.05, 3.63) is 35.4 Å². The Morgan fingerprint density at radius 2 is 1.95 bits per heavy atom. The van der Waals surface area contributed by atoms with E-state index in [1.807, 2.05) is 0 Å². The van der Waals surface area contributed by atoms with Gasteiger partial charge in [-0.2, -0.15) is 0 Å². The van der Waals surface area contributed by atoms with Gasteiger partial charge in [0.25, 0.3) is 0 Å². The van der Waals surface area contributed by atoms with Crippen LogP contribution in [0.2, 0.25) is 0 Å². The number of halogens is 2. The van der Waals surface area contributed by atoms with Crippen molar-refractivity contribution in [2.24, 2.45) is 0 Å². The summed E-state index contributed by atoms with van der Waals surface area (Å²) in [4.78, 5) is 22.3. The second-order valence-electron chi connectivity index (χ2n) is 4.22. The molecule has 1 rings (SSSR count). The van der Waals surface area contributed by atoms with Crippen LogP contribution in [0.25, 0.3) is 0 Å². The minimum absolute atomic E-state index is 0.0553. The molecule has 0 fully saturated rings. The van der Waals surface area contributed by atoms with Crippen LogP contribution < -0.4 is 5.32 Å². The smallest absolute Gasteiger partial charge is 0.326 e. The van der Waals surface area contributed by atoms with Crippen molar-refractivity contribution in [2.75, 3.05) is 6.61 Å². The maximum Gasteiger partial charge on any atom is 0.326 e. The number of carboxylic acids is 1.